The van der Waals surface area contributed by atoms with Crippen molar-refractivity contribution in [2.45, 2.75) is 46.8 Å². The van der Waals surface area contributed by atoms with Gasteiger partial charge in [0.25, 0.3) is 0 Å². The molecule has 0 bridgehead atoms. The lowest BCUT2D eigenvalue weighted by atomic mass is 9.95. The van der Waals surface area contributed by atoms with Gasteiger partial charge in [-0.3, -0.25) is 0 Å². The van der Waals surface area contributed by atoms with Gasteiger partial charge in [0.15, 0.2) is 0 Å². The molecular formula is C18H30N2O2. The van der Waals surface area contributed by atoms with Gasteiger partial charge in [-0.15, -0.1) is 0 Å². The summed E-state index contributed by atoms with van der Waals surface area (Å²) >= 11 is 0. The van der Waals surface area contributed by atoms with Crippen molar-refractivity contribution in [2.75, 3.05) is 13.1 Å². The van der Waals surface area contributed by atoms with Crippen molar-refractivity contribution in [3.05, 3.63) is 35.9 Å². The molecule has 0 saturated heterocycles. The summed E-state index contributed by atoms with van der Waals surface area (Å²) in [6.07, 6.45) is -0.346. The maximum absolute atomic E-state index is 11.7. The van der Waals surface area contributed by atoms with Crippen LogP contribution in [0.2, 0.25) is 0 Å². The minimum absolute atomic E-state index is 0.346. The minimum atomic E-state index is -0.455. The van der Waals surface area contributed by atoms with Crippen LogP contribution in [0.4, 0.5) is 4.79 Å². The van der Waals surface area contributed by atoms with Gasteiger partial charge in [-0.05, 0) is 38.2 Å². The maximum Gasteiger partial charge on any atom is 0.407 e. The van der Waals surface area contributed by atoms with E-state index >= 15 is 0 Å². The number of carbonyl (C=O) groups excluding carboxylic acids is 1. The average molecular weight is 306 g/mol. The summed E-state index contributed by atoms with van der Waals surface area (Å²) in [7, 11) is 0. The Labute approximate surface area is 134 Å². The maximum atomic E-state index is 11.7. The van der Waals surface area contributed by atoms with Gasteiger partial charge in [0.1, 0.15) is 5.60 Å². The zero-order valence-corrected chi connectivity index (χ0v) is 14.5. The first kappa shape index (κ1) is 18.5. The fourth-order valence-corrected chi connectivity index (χ4v) is 2.07. The number of nitrogens with one attached hydrogen (secondary N) is 2. The molecule has 0 aliphatic rings. The predicted octanol–water partition coefficient (Wildman–Crippen LogP) is 3.57. The van der Waals surface area contributed by atoms with E-state index in [2.05, 4.69) is 36.6 Å². The molecule has 124 valence electrons. The summed E-state index contributed by atoms with van der Waals surface area (Å²) in [4.78, 5) is 11.7. The van der Waals surface area contributed by atoms with Crippen LogP contribution in [0.1, 0.15) is 40.2 Å². The van der Waals surface area contributed by atoms with Crippen LogP contribution >= 0.6 is 0 Å². The number of amides is 1. The topological polar surface area (TPSA) is 50.4 Å². The van der Waals surface area contributed by atoms with Gasteiger partial charge >= 0.3 is 6.09 Å². The van der Waals surface area contributed by atoms with Crippen LogP contribution in [0.3, 0.4) is 0 Å². The summed E-state index contributed by atoms with van der Waals surface area (Å²) in [5, 5.41) is 6.33. The predicted molar refractivity (Wildman–Crippen MR) is 90.7 cm³/mol. The zero-order valence-electron chi connectivity index (χ0n) is 14.5. The van der Waals surface area contributed by atoms with E-state index in [9.17, 15) is 4.79 Å². The van der Waals surface area contributed by atoms with Crippen molar-refractivity contribution in [3.63, 3.8) is 0 Å². The highest BCUT2D eigenvalue weighted by Gasteiger charge is 2.18. The molecule has 22 heavy (non-hydrogen) atoms. The molecule has 1 aromatic rings. The molecule has 1 unspecified atom stereocenters. The van der Waals surface area contributed by atoms with Gasteiger partial charge in [-0.25, -0.2) is 4.79 Å². The normalized spacial score (nSPS) is 13.0. The summed E-state index contributed by atoms with van der Waals surface area (Å²) < 4.78 is 5.27. The van der Waals surface area contributed by atoms with E-state index < -0.39 is 5.60 Å². The largest absolute Gasteiger partial charge is 0.444 e. The SMILES string of the molecule is CC(C)C(CNCc1ccccc1)CNC(=O)OC(C)(C)C. The van der Waals surface area contributed by atoms with Gasteiger partial charge in [0, 0.05) is 19.6 Å². The molecule has 0 aliphatic carbocycles. The Kier molecular flexibility index (Phi) is 7.39. The van der Waals surface area contributed by atoms with Crippen molar-refractivity contribution in [1.82, 2.24) is 10.6 Å². The van der Waals surface area contributed by atoms with E-state index in [0.29, 0.717) is 18.4 Å². The monoisotopic (exact) mass is 306 g/mol. The second-order valence-electron chi connectivity index (χ2n) is 7.00. The molecule has 1 amide bonds. The second kappa shape index (κ2) is 8.79. The van der Waals surface area contributed by atoms with E-state index in [1.165, 1.54) is 5.56 Å². The number of ether oxygens (including phenoxy) is 1. The Morgan fingerprint density at radius 2 is 1.77 bits per heavy atom. The van der Waals surface area contributed by atoms with Crippen molar-refractivity contribution < 1.29 is 9.53 Å². The van der Waals surface area contributed by atoms with E-state index in [1.807, 2.05) is 39.0 Å². The Morgan fingerprint density at radius 1 is 1.14 bits per heavy atom. The lowest BCUT2D eigenvalue weighted by Gasteiger charge is -2.24. The molecule has 0 fully saturated rings. The Hall–Kier alpha value is -1.55. The standard InChI is InChI=1S/C18H30N2O2/c1-14(2)16(13-20-17(21)22-18(3,4)5)12-19-11-15-9-7-6-8-10-15/h6-10,14,16,19H,11-13H2,1-5H3,(H,20,21). The molecular weight excluding hydrogens is 276 g/mol. The van der Waals surface area contributed by atoms with Gasteiger partial charge < -0.3 is 15.4 Å². The highest BCUT2D eigenvalue weighted by Crippen LogP contribution is 2.11. The second-order valence-corrected chi connectivity index (χ2v) is 7.00. The van der Waals surface area contributed by atoms with Crippen molar-refractivity contribution in [1.29, 1.82) is 0 Å². The zero-order chi connectivity index (χ0) is 16.6. The molecule has 0 heterocycles. The molecule has 1 aromatic carbocycles. The number of rotatable bonds is 7. The number of hydrogen-bond donors (Lipinski definition) is 2. The van der Waals surface area contributed by atoms with Crippen LogP contribution in [-0.2, 0) is 11.3 Å². The average Bonchev–Trinajstić information content (AvgIpc) is 2.41. The first-order valence-corrected chi connectivity index (χ1v) is 7.99. The highest BCUT2D eigenvalue weighted by molar-refractivity contribution is 5.67. The van der Waals surface area contributed by atoms with Crippen LogP contribution in [-0.4, -0.2) is 24.8 Å². The van der Waals surface area contributed by atoms with Crippen LogP contribution in [0.15, 0.2) is 30.3 Å². The van der Waals surface area contributed by atoms with E-state index in [4.69, 9.17) is 4.74 Å². The molecule has 1 rings (SSSR count). The third-order valence-electron chi connectivity index (χ3n) is 3.43. The lowest BCUT2D eigenvalue weighted by molar-refractivity contribution is 0.0515. The van der Waals surface area contributed by atoms with Crippen LogP contribution in [0.25, 0.3) is 0 Å². The van der Waals surface area contributed by atoms with Crippen LogP contribution < -0.4 is 10.6 Å². The minimum Gasteiger partial charge on any atom is -0.444 e. The number of alkyl carbamates (subject to hydrolysis) is 1. The molecule has 0 radical (unpaired) electrons. The molecule has 4 nitrogen and oxygen atoms in total. The molecule has 0 aliphatic heterocycles. The van der Waals surface area contributed by atoms with Crippen molar-refractivity contribution in [3.8, 4) is 0 Å². The van der Waals surface area contributed by atoms with Crippen molar-refractivity contribution in [2.24, 2.45) is 11.8 Å². The quantitative estimate of drug-likeness (QED) is 0.809. The fourth-order valence-electron chi connectivity index (χ4n) is 2.07. The third kappa shape index (κ3) is 8.03. The first-order valence-electron chi connectivity index (χ1n) is 7.99. The highest BCUT2D eigenvalue weighted by atomic mass is 16.6. The Morgan fingerprint density at radius 3 is 2.32 bits per heavy atom. The summed E-state index contributed by atoms with van der Waals surface area (Å²) in [6.45, 7) is 12.3. The number of carbonyl (C=O) groups is 1. The van der Waals surface area contributed by atoms with E-state index in [0.717, 1.165) is 13.1 Å². The smallest absolute Gasteiger partial charge is 0.407 e. The van der Waals surface area contributed by atoms with Gasteiger partial charge in [-0.2, -0.15) is 0 Å². The Balaban J connectivity index is 2.34. The van der Waals surface area contributed by atoms with Crippen LogP contribution in [0, 0.1) is 11.8 Å². The number of hydrogen-bond acceptors (Lipinski definition) is 3. The summed E-state index contributed by atoms with van der Waals surface area (Å²) in [5.74, 6) is 0.856. The fraction of sp³-hybridized carbons (Fsp3) is 0.611. The molecule has 2 N–H and O–H groups in total. The molecule has 4 heteroatoms. The van der Waals surface area contributed by atoms with E-state index in [-0.39, 0.29) is 6.09 Å². The van der Waals surface area contributed by atoms with Gasteiger partial charge in [0.05, 0.1) is 0 Å². The van der Waals surface area contributed by atoms with Crippen LogP contribution in [0.5, 0.6) is 0 Å². The van der Waals surface area contributed by atoms with Gasteiger partial charge in [-0.1, -0.05) is 44.2 Å². The molecule has 0 aromatic heterocycles. The van der Waals surface area contributed by atoms with Crippen molar-refractivity contribution >= 4 is 6.09 Å². The lowest BCUT2D eigenvalue weighted by Crippen LogP contribution is -2.39. The first-order chi connectivity index (χ1) is 10.3. The Bertz CT molecular complexity index is 438. The third-order valence-corrected chi connectivity index (χ3v) is 3.43. The molecule has 0 saturated carbocycles. The van der Waals surface area contributed by atoms with E-state index in [1.54, 1.807) is 0 Å². The number of benzene rings is 1. The molecule has 0 spiro atoms. The van der Waals surface area contributed by atoms with Gasteiger partial charge in [0.2, 0.25) is 0 Å². The molecule has 1 atom stereocenters. The summed E-state index contributed by atoms with van der Waals surface area (Å²) in [5.41, 5.74) is 0.813. The summed E-state index contributed by atoms with van der Waals surface area (Å²) in [6, 6.07) is 10.3.